The summed E-state index contributed by atoms with van der Waals surface area (Å²) in [6, 6.07) is 6.68. The van der Waals surface area contributed by atoms with Gasteiger partial charge in [0.2, 0.25) is 5.60 Å². The Kier molecular flexibility index (Phi) is 7.20. The molecule has 6 nitrogen and oxygen atoms in total. The molecule has 1 rings (SSSR count). The zero-order valence-electron chi connectivity index (χ0n) is 14.8. The number of anilines is 1. The van der Waals surface area contributed by atoms with Gasteiger partial charge < -0.3 is 5.11 Å². The molecule has 1 aromatic rings. The summed E-state index contributed by atoms with van der Waals surface area (Å²) in [4.78, 5) is 12.5. The van der Waals surface area contributed by atoms with Crippen LogP contribution >= 0.6 is 0 Å². The van der Waals surface area contributed by atoms with Crippen LogP contribution in [0.4, 0.5) is 18.9 Å². The maximum Gasteiger partial charge on any atom is 0.426 e. The van der Waals surface area contributed by atoms with E-state index in [1.807, 2.05) is 0 Å². The molecule has 0 bridgehead atoms. The van der Waals surface area contributed by atoms with Crippen LogP contribution in [0, 0.1) is 0 Å². The molecule has 26 heavy (non-hydrogen) atoms. The molecular weight excluding hydrogens is 373 g/mol. The van der Waals surface area contributed by atoms with Crippen molar-refractivity contribution < 1.29 is 31.5 Å². The minimum atomic E-state index is -5.34. The van der Waals surface area contributed by atoms with Crippen LogP contribution in [0.15, 0.2) is 30.3 Å². The van der Waals surface area contributed by atoms with Gasteiger partial charge in [0.15, 0.2) is 0 Å². The van der Waals surface area contributed by atoms with Gasteiger partial charge in [0.1, 0.15) is 0 Å². The van der Waals surface area contributed by atoms with E-state index in [1.165, 1.54) is 30.3 Å². The van der Waals surface area contributed by atoms with Crippen molar-refractivity contribution in [2.24, 2.45) is 0 Å². The minimum Gasteiger partial charge on any atom is -0.373 e. The quantitative estimate of drug-likeness (QED) is 0.733. The SMILES string of the molecule is CCCN(CCC)S(=O)(=O)N(C(=O)C(C)(O)C(F)(F)F)c1ccccc1. The maximum atomic E-state index is 13.1. The first kappa shape index (κ1) is 22.4. The van der Waals surface area contributed by atoms with Gasteiger partial charge in [-0.2, -0.15) is 30.2 Å². The highest BCUT2D eigenvalue weighted by Gasteiger charge is 2.59. The summed E-state index contributed by atoms with van der Waals surface area (Å²) in [6.45, 7) is 3.71. The van der Waals surface area contributed by atoms with Crippen molar-refractivity contribution in [3.05, 3.63) is 30.3 Å². The molecule has 0 aliphatic heterocycles. The number of hydrogen-bond donors (Lipinski definition) is 1. The van der Waals surface area contributed by atoms with Crippen molar-refractivity contribution in [2.45, 2.75) is 45.4 Å². The maximum absolute atomic E-state index is 13.1. The first-order chi connectivity index (χ1) is 11.9. The Balaban J connectivity index is 3.55. The molecular formula is C16H23F3N2O4S. The van der Waals surface area contributed by atoms with E-state index < -0.39 is 27.9 Å². The molecule has 0 radical (unpaired) electrons. The number of nitrogens with zero attached hydrogens (tertiary/aromatic N) is 2. The van der Waals surface area contributed by atoms with E-state index in [0.29, 0.717) is 12.8 Å². The number of para-hydroxylation sites is 1. The van der Waals surface area contributed by atoms with Crippen LogP contribution in [0.1, 0.15) is 33.6 Å². The van der Waals surface area contributed by atoms with Crippen LogP contribution in [0.2, 0.25) is 0 Å². The van der Waals surface area contributed by atoms with Crippen molar-refractivity contribution in [1.82, 2.24) is 4.31 Å². The summed E-state index contributed by atoms with van der Waals surface area (Å²) in [5.41, 5.74) is -4.14. The first-order valence-electron chi connectivity index (χ1n) is 8.10. The average Bonchev–Trinajstić information content (AvgIpc) is 2.54. The predicted octanol–water partition coefficient (Wildman–Crippen LogP) is 2.70. The molecule has 0 fully saturated rings. The summed E-state index contributed by atoms with van der Waals surface area (Å²) in [5, 5.41) is 9.76. The monoisotopic (exact) mass is 396 g/mol. The fraction of sp³-hybridized carbons (Fsp3) is 0.562. The summed E-state index contributed by atoms with van der Waals surface area (Å²) in [6.07, 6.45) is -4.52. The van der Waals surface area contributed by atoms with Crippen LogP contribution in [0.3, 0.4) is 0 Å². The Bertz CT molecular complexity index is 700. The van der Waals surface area contributed by atoms with Crippen LogP contribution in [0.25, 0.3) is 0 Å². The molecule has 1 amide bonds. The van der Waals surface area contributed by atoms with E-state index in [0.717, 1.165) is 4.31 Å². The fourth-order valence-electron chi connectivity index (χ4n) is 2.19. The third kappa shape index (κ3) is 4.54. The van der Waals surface area contributed by atoms with Gasteiger partial charge in [0.25, 0.3) is 5.91 Å². The third-order valence-corrected chi connectivity index (χ3v) is 5.50. The van der Waals surface area contributed by atoms with Gasteiger partial charge in [0, 0.05) is 13.1 Å². The molecule has 0 aliphatic rings. The van der Waals surface area contributed by atoms with Crippen molar-refractivity contribution >= 4 is 21.8 Å². The van der Waals surface area contributed by atoms with E-state index in [9.17, 15) is 31.5 Å². The van der Waals surface area contributed by atoms with Crippen LogP contribution in [-0.4, -0.2) is 48.6 Å². The second kappa shape index (κ2) is 8.36. The number of amides is 1. The van der Waals surface area contributed by atoms with Gasteiger partial charge in [-0.25, -0.2) is 0 Å². The highest BCUT2D eigenvalue weighted by Crippen LogP contribution is 2.34. The van der Waals surface area contributed by atoms with Crippen LogP contribution in [0.5, 0.6) is 0 Å². The second-order valence-corrected chi connectivity index (χ2v) is 7.66. The highest BCUT2D eigenvalue weighted by molar-refractivity contribution is 7.91. The molecule has 1 unspecified atom stereocenters. The Morgan fingerprint density at radius 2 is 1.54 bits per heavy atom. The standard InChI is InChI=1S/C16H23F3N2O4S/c1-4-11-20(12-5-2)26(24,25)21(13-9-7-6-8-10-13)14(22)15(3,23)16(17,18)19/h6-10,23H,4-5,11-12H2,1-3H3. The van der Waals surface area contributed by atoms with E-state index in [-0.39, 0.29) is 30.0 Å². The van der Waals surface area contributed by atoms with Crippen molar-refractivity contribution in [3.8, 4) is 0 Å². The lowest BCUT2D eigenvalue weighted by Gasteiger charge is -2.34. The molecule has 0 aromatic heterocycles. The van der Waals surface area contributed by atoms with E-state index >= 15 is 0 Å². The largest absolute Gasteiger partial charge is 0.426 e. The Morgan fingerprint density at radius 1 is 1.08 bits per heavy atom. The first-order valence-corrected chi connectivity index (χ1v) is 9.49. The highest BCUT2D eigenvalue weighted by atomic mass is 32.2. The molecule has 1 aromatic carbocycles. The third-order valence-electron chi connectivity index (χ3n) is 3.65. The smallest absolute Gasteiger partial charge is 0.373 e. The second-order valence-electron chi connectivity index (χ2n) is 5.88. The summed E-state index contributed by atoms with van der Waals surface area (Å²) in [5.74, 6) is -1.98. The van der Waals surface area contributed by atoms with Gasteiger partial charge in [-0.3, -0.25) is 4.79 Å². The number of benzene rings is 1. The topological polar surface area (TPSA) is 77.9 Å². The van der Waals surface area contributed by atoms with Gasteiger partial charge in [-0.1, -0.05) is 32.0 Å². The lowest BCUT2D eigenvalue weighted by molar-refractivity contribution is -0.243. The number of alkyl halides is 3. The lowest BCUT2D eigenvalue weighted by Crippen LogP contribution is -2.60. The molecule has 0 spiro atoms. The number of hydrogen-bond acceptors (Lipinski definition) is 4. The van der Waals surface area contributed by atoms with Crippen molar-refractivity contribution in [2.75, 3.05) is 17.4 Å². The summed E-state index contributed by atoms with van der Waals surface area (Å²) in [7, 11) is -4.63. The molecule has 1 atom stereocenters. The zero-order chi connectivity index (χ0) is 20.2. The predicted molar refractivity (Wildman–Crippen MR) is 91.7 cm³/mol. The average molecular weight is 396 g/mol. The van der Waals surface area contributed by atoms with Gasteiger partial charge in [-0.15, -0.1) is 0 Å². The van der Waals surface area contributed by atoms with Gasteiger partial charge in [-0.05, 0) is 31.9 Å². The van der Waals surface area contributed by atoms with Crippen LogP contribution < -0.4 is 4.31 Å². The summed E-state index contributed by atoms with van der Waals surface area (Å²) < 4.78 is 66.3. The molecule has 1 N–H and O–H groups in total. The molecule has 0 heterocycles. The van der Waals surface area contributed by atoms with E-state index in [1.54, 1.807) is 13.8 Å². The Labute approximate surface area is 151 Å². The minimum absolute atomic E-state index is 0.0287. The number of carbonyl (C=O) groups excluding carboxylic acids is 1. The molecule has 0 saturated heterocycles. The number of halogens is 3. The number of carbonyl (C=O) groups is 1. The van der Waals surface area contributed by atoms with Crippen molar-refractivity contribution in [1.29, 1.82) is 0 Å². The Hall–Kier alpha value is -1.65. The number of rotatable bonds is 8. The fourth-order valence-corrected chi connectivity index (χ4v) is 4.03. The Morgan fingerprint density at radius 3 is 1.92 bits per heavy atom. The van der Waals surface area contributed by atoms with E-state index in [4.69, 9.17) is 0 Å². The number of aliphatic hydroxyl groups is 1. The normalized spacial score (nSPS) is 14.9. The molecule has 0 aliphatic carbocycles. The van der Waals surface area contributed by atoms with Crippen LogP contribution in [-0.2, 0) is 15.0 Å². The van der Waals surface area contributed by atoms with E-state index in [2.05, 4.69) is 0 Å². The summed E-state index contributed by atoms with van der Waals surface area (Å²) >= 11 is 0. The molecule has 10 heteroatoms. The van der Waals surface area contributed by atoms with Gasteiger partial charge in [0.05, 0.1) is 5.69 Å². The molecule has 0 saturated carbocycles. The molecule has 148 valence electrons. The van der Waals surface area contributed by atoms with Gasteiger partial charge >= 0.3 is 16.4 Å². The van der Waals surface area contributed by atoms with Crippen molar-refractivity contribution in [3.63, 3.8) is 0 Å². The lowest BCUT2D eigenvalue weighted by atomic mass is 10.1. The zero-order valence-corrected chi connectivity index (χ0v) is 15.6.